The second-order valence-corrected chi connectivity index (χ2v) is 3.56. The first-order chi connectivity index (χ1) is 6.20. The van der Waals surface area contributed by atoms with Crippen LogP contribution in [0.5, 0.6) is 0 Å². The summed E-state index contributed by atoms with van der Waals surface area (Å²) >= 11 is 0. The number of aryl methyl sites for hydroxylation is 3. The van der Waals surface area contributed by atoms with Gasteiger partial charge in [0.25, 0.3) is 0 Å². The number of hydrogen-bond acceptors (Lipinski definition) is 1. The Bertz CT molecular complexity index is 458. The summed E-state index contributed by atoms with van der Waals surface area (Å²) in [5.41, 5.74) is 3.98. The molecule has 0 aliphatic rings. The highest BCUT2D eigenvalue weighted by molar-refractivity contribution is 5.88. The lowest BCUT2D eigenvalue weighted by Gasteiger charge is -2.07. The number of benzene rings is 1. The predicted octanol–water partition coefficient (Wildman–Crippen LogP) is 3.16. The third-order valence-electron chi connectivity index (χ3n) is 2.64. The van der Waals surface area contributed by atoms with Gasteiger partial charge in [-0.2, -0.15) is 0 Å². The molecule has 0 amide bonds. The predicted molar refractivity (Wildman–Crippen MR) is 56.0 cm³/mol. The van der Waals surface area contributed by atoms with Crippen LogP contribution in [0.25, 0.3) is 10.8 Å². The number of rotatable bonds is 0. The van der Waals surface area contributed by atoms with Crippen molar-refractivity contribution in [2.75, 3.05) is 0 Å². The first kappa shape index (κ1) is 8.24. The van der Waals surface area contributed by atoms with Crippen LogP contribution in [0.15, 0.2) is 24.5 Å². The average molecular weight is 171 g/mol. The van der Waals surface area contributed by atoms with Crippen LogP contribution in [-0.4, -0.2) is 4.98 Å². The Hall–Kier alpha value is -1.37. The maximum absolute atomic E-state index is 4.18. The SMILES string of the molecule is Cc1ccc2cncc(C)c2c1C. The van der Waals surface area contributed by atoms with Crippen LogP contribution >= 0.6 is 0 Å². The summed E-state index contributed by atoms with van der Waals surface area (Å²) in [6.07, 6.45) is 3.85. The molecule has 0 saturated carbocycles. The lowest BCUT2D eigenvalue weighted by Crippen LogP contribution is -1.87. The molecule has 1 heteroatoms. The molecular formula is C12H13N. The minimum absolute atomic E-state index is 1.24. The lowest BCUT2D eigenvalue weighted by atomic mass is 9.99. The van der Waals surface area contributed by atoms with Gasteiger partial charge in [0, 0.05) is 17.8 Å². The number of hydrogen-bond donors (Lipinski definition) is 0. The minimum Gasteiger partial charge on any atom is -0.264 e. The summed E-state index contributed by atoms with van der Waals surface area (Å²) < 4.78 is 0. The van der Waals surface area contributed by atoms with Gasteiger partial charge >= 0.3 is 0 Å². The molecule has 0 N–H and O–H groups in total. The van der Waals surface area contributed by atoms with Crippen molar-refractivity contribution in [3.63, 3.8) is 0 Å². The third-order valence-corrected chi connectivity index (χ3v) is 2.64. The van der Waals surface area contributed by atoms with Crippen LogP contribution in [0, 0.1) is 20.8 Å². The van der Waals surface area contributed by atoms with Crippen molar-refractivity contribution in [3.05, 3.63) is 41.2 Å². The largest absolute Gasteiger partial charge is 0.264 e. The number of aromatic nitrogens is 1. The van der Waals surface area contributed by atoms with Gasteiger partial charge < -0.3 is 0 Å². The molecule has 1 aromatic heterocycles. The zero-order valence-electron chi connectivity index (χ0n) is 8.26. The normalized spacial score (nSPS) is 10.7. The summed E-state index contributed by atoms with van der Waals surface area (Å²) in [6.45, 7) is 6.43. The lowest BCUT2D eigenvalue weighted by molar-refractivity contribution is 1.28. The van der Waals surface area contributed by atoms with Gasteiger partial charge in [-0.1, -0.05) is 12.1 Å². The summed E-state index contributed by atoms with van der Waals surface area (Å²) in [7, 11) is 0. The van der Waals surface area contributed by atoms with Crippen LogP contribution in [0.3, 0.4) is 0 Å². The number of nitrogens with zero attached hydrogens (tertiary/aromatic N) is 1. The highest BCUT2D eigenvalue weighted by Crippen LogP contribution is 2.23. The molecule has 2 aromatic rings. The Labute approximate surface area is 78.4 Å². The molecule has 1 aromatic carbocycles. The van der Waals surface area contributed by atoms with E-state index >= 15 is 0 Å². The zero-order chi connectivity index (χ0) is 9.42. The Morgan fingerprint density at radius 1 is 0.923 bits per heavy atom. The molecule has 0 unspecified atom stereocenters. The van der Waals surface area contributed by atoms with Gasteiger partial charge in [-0.15, -0.1) is 0 Å². The van der Waals surface area contributed by atoms with Crippen LogP contribution in [0.2, 0.25) is 0 Å². The van der Waals surface area contributed by atoms with E-state index in [0.717, 1.165) is 0 Å². The average Bonchev–Trinajstić information content (AvgIpc) is 2.12. The molecule has 0 spiro atoms. The van der Waals surface area contributed by atoms with Crippen LogP contribution in [-0.2, 0) is 0 Å². The highest BCUT2D eigenvalue weighted by Gasteiger charge is 2.02. The summed E-state index contributed by atoms with van der Waals surface area (Å²) in [4.78, 5) is 4.18. The molecule has 13 heavy (non-hydrogen) atoms. The molecule has 1 heterocycles. The van der Waals surface area contributed by atoms with Crippen molar-refractivity contribution in [3.8, 4) is 0 Å². The van der Waals surface area contributed by atoms with Crippen molar-refractivity contribution in [1.82, 2.24) is 4.98 Å². The summed E-state index contributed by atoms with van der Waals surface area (Å²) in [6, 6.07) is 4.29. The van der Waals surface area contributed by atoms with Crippen molar-refractivity contribution in [2.24, 2.45) is 0 Å². The molecule has 0 aliphatic heterocycles. The maximum atomic E-state index is 4.18. The molecule has 0 saturated heterocycles. The topological polar surface area (TPSA) is 12.9 Å². The molecule has 66 valence electrons. The number of pyridine rings is 1. The van der Waals surface area contributed by atoms with E-state index in [1.165, 1.54) is 27.5 Å². The Morgan fingerprint density at radius 2 is 1.69 bits per heavy atom. The van der Waals surface area contributed by atoms with Gasteiger partial charge in [0.2, 0.25) is 0 Å². The van der Waals surface area contributed by atoms with E-state index in [1.807, 2.05) is 12.4 Å². The van der Waals surface area contributed by atoms with E-state index in [0.29, 0.717) is 0 Å². The van der Waals surface area contributed by atoms with Crippen LogP contribution in [0.1, 0.15) is 16.7 Å². The first-order valence-corrected chi connectivity index (χ1v) is 4.50. The quantitative estimate of drug-likeness (QED) is 0.593. The van der Waals surface area contributed by atoms with E-state index < -0.39 is 0 Å². The van der Waals surface area contributed by atoms with Crippen LogP contribution < -0.4 is 0 Å². The third kappa shape index (κ3) is 1.21. The summed E-state index contributed by atoms with van der Waals surface area (Å²) in [5.74, 6) is 0. The van der Waals surface area contributed by atoms with E-state index in [2.05, 4.69) is 37.9 Å². The Morgan fingerprint density at radius 3 is 2.46 bits per heavy atom. The van der Waals surface area contributed by atoms with E-state index in [4.69, 9.17) is 0 Å². The van der Waals surface area contributed by atoms with Gasteiger partial charge in [0.1, 0.15) is 0 Å². The maximum Gasteiger partial charge on any atom is 0.0346 e. The van der Waals surface area contributed by atoms with Crippen molar-refractivity contribution in [2.45, 2.75) is 20.8 Å². The molecule has 0 radical (unpaired) electrons. The molecule has 0 fully saturated rings. The fraction of sp³-hybridized carbons (Fsp3) is 0.250. The monoisotopic (exact) mass is 171 g/mol. The van der Waals surface area contributed by atoms with Gasteiger partial charge in [-0.25, -0.2) is 0 Å². The second kappa shape index (κ2) is 2.84. The Balaban J connectivity index is 2.97. The van der Waals surface area contributed by atoms with Crippen LogP contribution in [0.4, 0.5) is 0 Å². The summed E-state index contributed by atoms with van der Waals surface area (Å²) in [5, 5.41) is 2.60. The van der Waals surface area contributed by atoms with Gasteiger partial charge in [0.15, 0.2) is 0 Å². The van der Waals surface area contributed by atoms with Gasteiger partial charge in [0.05, 0.1) is 0 Å². The first-order valence-electron chi connectivity index (χ1n) is 4.50. The van der Waals surface area contributed by atoms with Gasteiger partial charge in [-0.05, 0) is 42.8 Å². The second-order valence-electron chi connectivity index (χ2n) is 3.56. The van der Waals surface area contributed by atoms with Crippen molar-refractivity contribution < 1.29 is 0 Å². The van der Waals surface area contributed by atoms with E-state index in [9.17, 15) is 0 Å². The number of fused-ring (bicyclic) bond motifs is 1. The van der Waals surface area contributed by atoms with Gasteiger partial charge in [-0.3, -0.25) is 4.98 Å². The molecule has 0 atom stereocenters. The fourth-order valence-corrected chi connectivity index (χ4v) is 1.76. The molecule has 0 aliphatic carbocycles. The van der Waals surface area contributed by atoms with E-state index in [-0.39, 0.29) is 0 Å². The van der Waals surface area contributed by atoms with Crippen molar-refractivity contribution in [1.29, 1.82) is 0 Å². The highest BCUT2D eigenvalue weighted by atomic mass is 14.6. The molecule has 1 nitrogen and oxygen atoms in total. The molecular weight excluding hydrogens is 158 g/mol. The Kier molecular flexibility index (Phi) is 1.80. The van der Waals surface area contributed by atoms with Crippen molar-refractivity contribution >= 4 is 10.8 Å². The van der Waals surface area contributed by atoms with E-state index in [1.54, 1.807) is 0 Å². The zero-order valence-corrected chi connectivity index (χ0v) is 8.26. The fourth-order valence-electron chi connectivity index (χ4n) is 1.76. The molecule has 2 rings (SSSR count). The smallest absolute Gasteiger partial charge is 0.0346 e. The molecule has 0 bridgehead atoms. The minimum atomic E-state index is 1.24. The standard InChI is InChI=1S/C12H13N/c1-8-4-5-11-7-13-6-9(2)12(11)10(8)3/h4-7H,1-3H3.